The molecule has 2 nitrogen and oxygen atoms in total. The lowest BCUT2D eigenvalue weighted by Gasteiger charge is -2.11. The molecule has 1 unspecified atom stereocenters. The lowest BCUT2D eigenvalue weighted by Crippen LogP contribution is -2.12. The van der Waals surface area contributed by atoms with Gasteiger partial charge in [-0.3, -0.25) is 0 Å². The van der Waals surface area contributed by atoms with Crippen LogP contribution in [0.15, 0.2) is 47.3 Å². The standard InChI is InChI=1S/C13H15NO/c1-10-3-2-4-12(7-10)13(14)8-11-5-6-15-9-11/h2-7,9,13H,8,14H2,1H3. The molecule has 0 spiro atoms. The van der Waals surface area contributed by atoms with E-state index in [0.717, 1.165) is 12.0 Å². The topological polar surface area (TPSA) is 39.2 Å². The van der Waals surface area contributed by atoms with Crippen molar-refractivity contribution < 1.29 is 4.42 Å². The third-order valence-corrected chi connectivity index (χ3v) is 2.51. The number of hydrogen-bond acceptors (Lipinski definition) is 2. The number of hydrogen-bond donors (Lipinski definition) is 1. The van der Waals surface area contributed by atoms with Crippen molar-refractivity contribution in [3.8, 4) is 0 Å². The minimum absolute atomic E-state index is 0.0440. The summed E-state index contributed by atoms with van der Waals surface area (Å²) in [7, 11) is 0. The molecule has 0 aliphatic rings. The van der Waals surface area contributed by atoms with Crippen molar-refractivity contribution in [3.05, 3.63) is 59.5 Å². The molecule has 2 N–H and O–H groups in total. The van der Waals surface area contributed by atoms with Gasteiger partial charge in [-0.05, 0) is 30.5 Å². The fourth-order valence-corrected chi connectivity index (χ4v) is 1.68. The molecular formula is C13H15NO. The zero-order valence-electron chi connectivity index (χ0n) is 8.81. The predicted octanol–water partition coefficient (Wildman–Crippen LogP) is 2.83. The molecule has 1 heterocycles. The van der Waals surface area contributed by atoms with Gasteiger partial charge in [-0.25, -0.2) is 0 Å². The van der Waals surface area contributed by atoms with Crippen molar-refractivity contribution >= 4 is 0 Å². The molecule has 0 radical (unpaired) electrons. The van der Waals surface area contributed by atoms with E-state index in [1.165, 1.54) is 11.1 Å². The van der Waals surface area contributed by atoms with Crippen molar-refractivity contribution in [2.75, 3.05) is 0 Å². The van der Waals surface area contributed by atoms with Gasteiger partial charge in [-0.15, -0.1) is 0 Å². The minimum Gasteiger partial charge on any atom is -0.472 e. The summed E-state index contributed by atoms with van der Waals surface area (Å²) in [5, 5.41) is 0. The van der Waals surface area contributed by atoms with Crippen LogP contribution in [-0.2, 0) is 6.42 Å². The van der Waals surface area contributed by atoms with Crippen LogP contribution in [0.5, 0.6) is 0 Å². The summed E-state index contributed by atoms with van der Waals surface area (Å²) in [6, 6.07) is 10.3. The first-order valence-corrected chi connectivity index (χ1v) is 5.09. The zero-order valence-corrected chi connectivity index (χ0v) is 8.81. The molecule has 0 aliphatic heterocycles. The van der Waals surface area contributed by atoms with Crippen molar-refractivity contribution in [3.63, 3.8) is 0 Å². The van der Waals surface area contributed by atoms with Gasteiger partial charge < -0.3 is 10.2 Å². The van der Waals surface area contributed by atoms with Crippen molar-refractivity contribution in [2.45, 2.75) is 19.4 Å². The normalized spacial score (nSPS) is 12.7. The Hall–Kier alpha value is -1.54. The third kappa shape index (κ3) is 2.48. The molecule has 2 heteroatoms. The van der Waals surface area contributed by atoms with Crippen molar-refractivity contribution in [1.29, 1.82) is 0 Å². The molecule has 1 aromatic carbocycles. The summed E-state index contributed by atoms with van der Waals surface area (Å²) >= 11 is 0. The van der Waals surface area contributed by atoms with Gasteiger partial charge in [0.25, 0.3) is 0 Å². The first-order chi connectivity index (χ1) is 7.25. The van der Waals surface area contributed by atoms with E-state index < -0.39 is 0 Å². The van der Waals surface area contributed by atoms with Gasteiger partial charge in [0.05, 0.1) is 12.5 Å². The second-order valence-electron chi connectivity index (χ2n) is 3.86. The number of furan rings is 1. The molecule has 2 aromatic rings. The van der Waals surface area contributed by atoms with E-state index >= 15 is 0 Å². The maximum absolute atomic E-state index is 6.11. The van der Waals surface area contributed by atoms with E-state index in [1.807, 2.05) is 12.1 Å². The fourth-order valence-electron chi connectivity index (χ4n) is 1.68. The number of aryl methyl sites for hydroxylation is 1. The Bertz CT molecular complexity index is 420. The average molecular weight is 201 g/mol. The quantitative estimate of drug-likeness (QED) is 0.829. The lowest BCUT2D eigenvalue weighted by atomic mass is 10.00. The highest BCUT2D eigenvalue weighted by Gasteiger charge is 2.07. The minimum atomic E-state index is 0.0440. The maximum atomic E-state index is 6.11. The molecule has 0 aliphatic carbocycles. The Labute approximate surface area is 89.7 Å². The second kappa shape index (κ2) is 4.32. The van der Waals surface area contributed by atoms with Crippen molar-refractivity contribution in [1.82, 2.24) is 0 Å². The SMILES string of the molecule is Cc1cccc(C(N)Cc2ccoc2)c1. The van der Waals surface area contributed by atoms with Crippen LogP contribution in [0.1, 0.15) is 22.7 Å². The van der Waals surface area contributed by atoms with Gasteiger partial charge in [-0.2, -0.15) is 0 Å². The molecule has 0 amide bonds. The maximum Gasteiger partial charge on any atom is 0.0935 e. The third-order valence-electron chi connectivity index (χ3n) is 2.51. The van der Waals surface area contributed by atoms with E-state index in [4.69, 9.17) is 10.2 Å². The predicted molar refractivity (Wildman–Crippen MR) is 60.5 cm³/mol. The van der Waals surface area contributed by atoms with Crippen LogP contribution in [-0.4, -0.2) is 0 Å². The summed E-state index contributed by atoms with van der Waals surface area (Å²) in [6.45, 7) is 2.08. The molecule has 78 valence electrons. The lowest BCUT2D eigenvalue weighted by molar-refractivity contribution is 0.561. The van der Waals surface area contributed by atoms with Crippen LogP contribution in [0.25, 0.3) is 0 Å². The van der Waals surface area contributed by atoms with Crippen LogP contribution in [0, 0.1) is 6.92 Å². The zero-order chi connectivity index (χ0) is 10.7. The van der Waals surface area contributed by atoms with E-state index in [2.05, 4.69) is 25.1 Å². The molecule has 15 heavy (non-hydrogen) atoms. The van der Waals surface area contributed by atoms with Gasteiger partial charge in [0.15, 0.2) is 0 Å². The van der Waals surface area contributed by atoms with Crippen LogP contribution in [0.4, 0.5) is 0 Å². The van der Waals surface area contributed by atoms with Gasteiger partial charge in [-0.1, -0.05) is 29.8 Å². The summed E-state index contributed by atoms with van der Waals surface area (Å²) in [6.07, 6.45) is 4.24. The molecule has 0 saturated heterocycles. The first-order valence-electron chi connectivity index (χ1n) is 5.09. The summed E-state index contributed by atoms with van der Waals surface area (Å²) in [4.78, 5) is 0. The Kier molecular flexibility index (Phi) is 2.88. The number of benzene rings is 1. The monoisotopic (exact) mass is 201 g/mol. The molecular weight excluding hydrogens is 186 g/mol. The Morgan fingerprint density at radius 1 is 1.33 bits per heavy atom. The molecule has 0 fully saturated rings. The Balaban J connectivity index is 2.11. The van der Waals surface area contributed by atoms with Gasteiger partial charge >= 0.3 is 0 Å². The fraction of sp³-hybridized carbons (Fsp3) is 0.231. The van der Waals surface area contributed by atoms with Crippen LogP contribution < -0.4 is 5.73 Å². The number of nitrogens with two attached hydrogens (primary N) is 1. The van der Waals surface area contributed by atoms with E-state index in [1.54, 1.807) is 12.5 Å². The molecule has 1 atom stereocenters. The Morgan fingerprint density at radius 3 is 2.87 bits per heavy atom. The Morgan fingerprint density at radius 2 is 2.20 bits per heavy atom. The second-order valence-corrected chi connectivity index (χ2v) is 3.86. The molecule has 2 rings (SSSR count). The van der Waals surface area contributed by atoms with E-state index in [-0.39, 0.29) is 6.04 Å². The number of rotatable bonds is 3. The van der Waals surface area contributed by atoms with Gasteiger partial charge in [0.2, 0.25) is 0 Å². The van der Waals surface area contributed by atoms with Gasteiger partial charge in [0.1, 0.15) is 0 Å². The smallest absolute Gasteiger partial charge is 0.0935 e. The molecule has 1 aromatic heterocycles. The highest BCUT2D eigenvalue weighted by Crippen LogP contribution is 2.17. The average Bonchev–Trinajstić information content (AvgIpc) is 2.70. The highest BCUT2D eigenvalue weighted by molar-refractivity contribution is 5.26. The molecule has 0 saturated carbocycles. The first kappa shape index (κ1) is 9.99. The van der Waals surface area contributed by atoms with Crippen LogP contribution in [0.3, 0.4) is 0 Å². The largest absolute Gasteiger partial charge is 0.472 e. The van der Waals surface area contributed by atoms with E-state index in [9.17, 15) is 0 Å². The van der Waals surface area contributed by atoms with Gasteiger partial charge in [0, 0.05) is 6.04 Å². The molecule has 0 bridgehead atoms. The highest BCUT2D eigenvalue weighted by atomic mass is 16.3. The van der Waals surface area contributed by atoms with Crippen LogP contribution >= 0.6 is 0 Å². The summed E-state index contributed by atoms with van der Waals surface area (Å²) in [5.74, 6) is 0. The van der Waals surface area contributed by atoms with E-state index in [0.29, 0.717) is 0 Å². The van der Waals surface area contributed by atoms with Crippen LogP contribution in [0.2, 0.25) is 0 Å². The summed E-state index contributed by atoms with van der Waals surface area (Å²) < 4.78 is 5.02. The summed E-state index contributed by atoms with van der Waals surface area (Å²) in [5.41, 5.74) is 9.68. The van der Waals surface area contributed by atoms with Crippen molar-refractivity contribution in [2.24, 2.45) is 5.73 Å².